The van der Waals surface area contributed by atoms with Gasteiger partial charge in [-0.15, -0.1) is 0 Å². The van der Waals surface area contributed by atoms with Crippen LogP contribution in [0.15, 0.2) is 18.2 Å². The maximum atomic E-state index is 9.27. The van der Waals surface area contributed by atoms with E-state index in [1.54, 1.807) is 25.3 Å². The van der Waals surface area contributed by atoms with Crippen molar-refractivity contribution in [2.45, 2.75) is 38.2 Å². The molecule has 1 fully saturated rings. The Morgan fingerprint density at radius 1 is 1.10 bits per heavy atom. The van der Waals surface area contributed by atoms with Crippen molar-refractivity contribution < 1.29 is 9.47 Å². The first-order valence-electron chi connectivity index (χ1n) is 6.93. The second-order valence-electron chi connectivity index (χ2n) is 5.01. The molecule has 0 N–H and O–H groups in total. The summed E-state index contributed by atoms with van der Waals surface area (Å²) in [5.41, 5.74) is 0.534. The zero-order valence-electron chi connectivity index (χ0n) is 11.6. The van der Waals surface area contributed by atoms with Crippen LogP contribution in [0.2, 0.25) is 0 Å². The van der Waals surface area contributed by atoms with Gasteiger partial charge in [-0.25, -0.2) is 0 Å². The van der Waals surface area contributed by atoms with Gasteiger partial charge in [-0.2, -0.15) is 10.5 Å². The Morgan fingerprint density at radius 2 is 1.90 bits per heavy atom. The van der Waals surface area contributed by atoms with Gasteiger partial charge in [0, 0.05) is 6.07 Å². The van der Waals surface area contributed by atoms with Gasteiger partial charge in [0.2, 0.25) is 0 Å². The first-order valence-corrected chi connectivity index (χ1v) is 6.93. The second-order valence-corrected chi connectivity index (χ2v) is 5.01. The van der Waals surface area contributed by atoms with Crippen molar-refractivity contribution in [1.29, 1.82) is 10.5 Å². The molecule has 4 heteroatoms. The van der Waals surface area contributed by atoms with E-state index in [9.17, 15) is 5.26 Å². The topological polar surface area (TPSA) is 66.0 Å². The fourth-order valence-corrected chi connectivity index (χ4v) is 2.56. The molecule has 1 aromatic rings. The average molecular weight is 270 g/mol. The molecule has 0 amide bonds. The molecule has 0 aromatic heterocycles. The number of methoxy groups -OCH3 is 1. The molecule has 0 bridgehead atoms. The Balaban J connectivity index is 2.19. The van der Waals surface area contributed by atoms with Crippen molar-refractivity contribution in [3.8, 4) is 23.6 Å². The van der Waals surface area contributed by atoms with E-state index in [0.29, 0.717) is 17.1 Å². The molecule has 104 valence electrons. The molecule has 2 atom stereocenters. The van der Waals surface area contributed by atoms with E-state index >= 15 is 0 Å². The summed E-state index contributed by atoms with van der Waals surface area (Å²) < 4.78 is 11.3. The zero-order chi connectivity index (χ0) is 14.4. The first-order chi connectivity index (χ1) is 9.78. The fourth-order valence-electron chi connectivity index (χ4n) is 2.56. The van der Waals surface area contributed by atoms with Gasteiger partial charge in [0.1, 0.15) is 6.10 Å². The third-order valence-corrected chi connectivity index (χ3v) is 3.69. The van der Waals surface area contributed by atoms with Crippen molar-refractivity contribution in [2.75, 3.05) is 7.11 Å². The van der Waals surface area contributed by atoms with E-state index in [0.717, 1.165) is 32.1 Å². The monoisotopic (exact) mass is 270 g/mol. The number of hydrogen-bond donors (Lipinski definition) is 0. The summed E-state index contributed by atoms with van der Waals surface area (Å²) in [5, 5.41) is 18.2. The van der Waals surface area contributed by atoms with E-state index < -0.39 is 0 Å². The summed E-state index contributed by atoms with van der Waals surface area (Å²) in [6.07, 6.45) is 5.01. The van der Waals surface area contributed by atoms with Crippen molar-refractivity contribution in [3.63, 3.8) is 0 Å². The smallest absolute Gasteiger partial charge is 0.162 e. The minimum absolute atomic E-state index is 0.0714. The quantitative estimate of drug-likeness (QED) is 0.789. The number of nitrogens with zero attached hydrogens (tertiary/aromatic N) is 2. The third-order valence-electron chi connectivity index (χ3n) is 3.69. The highest BCUT2D eigenvalue weighted by Crippen LogP contribution is 2.33. The van der Waals surface area contributed by atoms with Gasteiger partial charge in [-0.05, 0) is 31.4 Å². The van der Waals surface area contributed by atoms with E-state index in [1.807, 2.05) is 0 Å². The summed E-state index contributed by atoms with van der Waals surface area (Å²) >= 11 is 0. The highest BCUT2D eigenvalue weighted by Gasteiger charge is 2.26. The summed E-state index contributed by atoms with van der Waals surface area (Å²) in [6, 6.07) is 9.54. The van der Waals surface area contributed by atoms with E-state index in [4.69, 9.17) is 14.7 Å². The zero-order valence-corrected chi connectivity index (χ0v) is 11.6. The van der Waals surface area contributed by atoms with Gasteiger partial charge in [0.25, 0.3) is 0 Å². The SMILES string of the molecule is COc1cc(C#N)ccc1OC1CCCCCC1C#N. The largest absolute Gasteiger partial charge is 0.493 e. The van der Waals surface area contributed by atoms with Crippen molar-refractivity contribution in [2.24, 2.45) is 5.92 Å². The molecule has 1 aromatic carbocycles. The predicted octanol–water partition coefficient (Wildman–Crippen LogP) is 3.42. The Morgan fingerprint density at radius 3 is 2.60 bits per heavy atom. The Labute approximate surface area is 119 Å². The Bertz CT molecular complexity index is 542. The molecule has 0 spiro atoms. The van der Waals surface area contributed by atoms with Gasteiger partial charge in [-0.3, -0.25) is 0 Å². The molecule has 0 radical (unpaired) electrons. The lowest BCUT2D eigenvalue weighted by Gasteiger charge is -2.22. The first kappa shape index (κ1) is 14.2. The van der Waals surface area contributed by atoms with Crippen molar-refractivity contribution >= 4 is 0 Å². The maximum absolute atomic E-state index is 9.27. The predicted molar refractivity (Wildman–Crippen MR) is 74.3 cm³/mol. The van der Waals surface area contributed by atoms with Crippen LogP contribution in [0.3, 0.4) is 0 Å². The minimum atomic E-state index is -0.0932. The molecular formula is C16H18N2O2. The molecule has 20 heavy (non-hydrogen) atoms. The lowest BCUT2D eigenvalue weighted by molar-refractivity contribution is 0.146. The summed E-state index contributed by atoms with van der Waals surface area (Å²) in [7, 11) is 1.55. The molecule has 2 unspecified atom stereocenters. The highest BCUT2D eigenvalue weighted by molar-refractivity contribution is 5.46. The molecule has 1 aliphatic carbocycles. The van der Waals surface area contributed by atoms with Gasteiger partial charge >= 0.3 is 0 Å². The van der Waals surface area contributed by atoms with Gasteiger partial charge < -0.3 is 9.47 Å². The number of rotatable bonds is 3. The summed E-state index contributed by atoms with van der Waals surface area (Å²) in [4.78, 5) is 0. The van der Waals surface area contributed by atoms with Crippen LogP contribution in [-0.2, 0) is 0 Å². The van der Waals surface area contributed by atoms with Crippen LogP contribution in [0.4, 0.5) is 0 Å². The van der Waals surface area contributed by atoms with E-state index in [-0.39, 0.29) is 12.0 Å². The van der Waals surface area contributed by atoms with Crippen LogP contribution in [0.1, 0.15) is 37.7 Å². The number of ether oxygens (including phenoxy) is 2. The molecule has 0 heterocycles. The van der Waals surface area contributed by atoms with Crippen LogP contribution < -0.4 is 9.47 Å². The Kier molecular flexibility index (Phi) is 4.85. The standard InChI is InChI=1S/C16H18N2O2/c1-19-16-9-12(10-17)7-8-15(16)20-14-6-4-2-3-5-13(14)11-18/h7-9,13-14H,2-6H2,1H3. The molecule has 0 aliphatic heterocycles. The summed E-state index contributed by atoms with van der Waals surface area (Å²) in [5.74, 6) is 1.08. The molecule has 1 saturated carbocycles. The summed E-state index contributed by atoms with van der Waals surface area (Å²) in [6.45, 7) is 0. The number of hydrogen-bond acceptors (Lipinski definition) is 4. The maximum Gasteiger partial charge on any atom is 0.162 e. The molecule has 1 aliphatic rings. The van der Waals surface area contributed by atoms with Crippen LogP contribution >= 0.6 is 0 Å². The van der Waals surface area contributed by atoms with Crippen molar-refractivity contribution in [1.82, 2.24) is 0 Å². The van der Waals surface area contributed by atoms with Gasteiger partial charge in [-0.1, -0.05) is 12.8 Å². The van der Waals surface area contributed by atoms with E-state index in [2.05, 4.69) is 12.1 Å². The lowest BCUT2D eigenvalue weighted by Crippen LogP contribution is -2.25. The number of nitriles is 2. The lowest BCUT2D eigenvalue weighted by atomic mass is 9.99. The van der Waals surface area contributed by atoms with Crippen LogP contribution in [0.5, 0.6) is 11.5 Å². The molecular weight excluding hydrogens is 252 g/mol. The third kappa shape index (κ3) is 3.22. The van der Waals surface area contributed by atoms with Crippen LogP contribution in [-0.4, -0.2) is 13.2 Å². The number of benzene rings is 1. The average Bonchev–Trinajstić information content (AvgIpc) is 2.72. The van der Waals surface area contributed by atoms with Crippen molar-refractivity contribution in [3.05, 3.63) is 23.8 Å². The molecule has 0 saturated heterocycles. The fraction of sp³-hybridized carbons (Fsp3) is 0.500. The molecule has 4 nitrogen and oxygen atoms in total. The molecule has 2 rings (SSSR count). The minimum Gasteiger partial charge on any atom is -0.493 e. The van der Waals surface area contributed by atoms with Gasteiger partial charge in [0.05, 0.1) is 30.7 Å². The highest BCUT2D eigenvalue weighted by atomic mass is 16.5. The van der Waals surface area contributed by atoms with Gasteiger partial charge in [0.15, 0.2) is 11.5 Å². The second kappa shape index (κ2) is 6.82. The van der Waals surface area contributed by atoms with E-state index in [1.165, 1.54) is 0 Å². The van der Waals surface area contributed by atoms with Crippen LogP contribution in [0.25, 0.3) is 0 Å². The van der Waals surface area contributed by atoms with Crippen LogP contribution in [0, 0.1) is 28.6 Å². The Hall–Kier alpha value is -2.20. The normalized spacial score (nSPS) is 22.1.